The zero-order chi connectivity index (χ0) is 20.4. The van der Waals surface area contributed by atoms with Gasteiger partial charge in [0.2, 0.25) is 5.91 Å². The van der Waals surface area contributed by atoms with E-state index in [2.05, 4.69) is 20.8 Å². The van der Waals surface area contributed by atoms with Gasteiger partial charge in [-0.1, -0.05) is 0 Å². The Hall–Kier alpha value is -3.07. The highest BCUT2D eigenvalue weighted by Gasteiger charge is 2.28. The number of nitrogens with zero attached hydrogens (tertiary/aromatic N) is 3. The number of hydrazone groups is 1. The summed E-state index contributed by atoms with van der Waals surface area (Å²) in [5, 5.41) is 10.6. The van der Waals surface area contributed by atoms with E-state index in [0.717, 1.165) is 22.4 Å². The van der Waals surface area contributed by atoms with Crippen molar-refractivity contribution in [1.82, 2.24) is 20.6 Å². The number of aryl methyl sites for hydroxylation is 1. The second-order valence-corrected chi connectivity index (χ2v) is 7.87. The van der Waals surface area contributed by atoms with Gasteiger partial charge in [-0.25, -0.2) is 5.43 Å². The number of nitrogens with one attached hydrogen (secondary N) is 2. The van der Waals surface area contributed by atoms with Gasteiger partial charge in [0.1, 0.15) is 5.71 Å². The van der Waals surface area contributed by atoms with E-state index in [9.17, 15) is 14.4 Å². The topological polar surface area (TPSA) is 104 Å². The van der Waals surface area contributed by atoms with Crippen LogP contribution in [0, 0.1) is 6.92 Å². The summed E-state index contributed by atoms with van der Waals surface area (Å²) in [6.45, 7) is 3.35. The number of carbonyl (C=O) groups excluding carboxylic acids is 3. The van der Waals surface area contributed by atoms with Gasteiger partial charge in [0.15, 0.2) is 0 Å². The molecule has 2 aliphatic heterocycles. The zero-order valence-electron chi connectivity index (χ0n) is 16.0. The average molecular weight is 411 g/mol. The number of hydrogen-bond acceptors (Lipinski definition) is 6. The first kappa shape index (κ1) is 19.3. The van der Waals surface area contributed by atoms with Crippen molar-refractivity contribution in [3.05, 3.63) is 51.0 Å². The molecule has 150 valence electrons. The number of hydrogen-bond donors (Lipinski definition) is 2. The summed E-state index contributed by atoms with van der Waals surface area (Å²) in [5.41, 5.74) is 7.44. The lowest BCUT2D eigenvalue weighted by atomic mass is 9.94. The molecule has 0 spiro atoms. The molecule has 0 saturated heterocycles. The third-order valence-corrected chi connectivity index (χ3v) is 5.93. The number of aromatic nitrogens is 1. The van der Waals surface area contributed by atoms with E-state index in [-0.39, 0.29) is 24.1 Å². The first-order valence-corrected chi connectivity index (χ1v) is 10.4. The van der Waals surface area contributed by atoms with Crippen LogP contribution in [0.3, 0.4) is 0 Å². The van der Waals surface area contributed by atoms with Gasteiger partial charge in [-0.3, -0.25) is 19.4 Å². The van der Waals surface area contributed by atoms with Crippen molar-refractivity contribution in [2.75, 3.05) is 6.54 Å². The lowest BCUT2D eigenvalue weighted by molar-refractivity contribution is -0.125. The van der Waals surface area contributed by atoms with Crippen LogP contribution in [0.4, 0.5) is 0 Å². The third kappa shape index (κ3) is 4.04. The molecule has 0 aliphatic carbocycles. The molecule has 2 aromatic rings. The molecule has 0 bridgehead atoms. The molecule has 4 rings (SSSR count). The Balaban J connectivity index is 1.48. The zero-order valence-corrected chi connectivity index (χ0v) is 16.8. The fourth-order valence-corrected chi connectivity index (χ4v) is 4.24. The van der Waals surface area contributed by atoms with Crippen molar-refractivity contribution in [3.63, 3.8) is 0 Å². The molecule has 0 atom stereocenters. The van der Waals surface area contributed by atoms with Crippen LogP contribution in [-0.2, 0) is 29.1 Å². The SMILES string of the molecule is Cc1ncc2c(c1CNC(=O)c1ccsc1)CCN(C(=O)C1=NNC(=O)CC1)C2. The lowest BCUT2D eigenvalue weighted by Crippen LogP contribution is -2.43. The standard InChI is InChI=1S/C20H21N5O3S/c1-12-16(9-22-19(27)13-5-7-29-11-13)15-4-6-25(10-14(15)8-21-12)20(28)17-2-3-18(26)24-23-17/h5,7-8,11H,2-4,6,9-10H2,1H3,(H,22,27)(H,24,26). The minimum atomic E-state index is -0.167. The summed E-state index contributed by atoms with van der Waals surface area (Å²) in [7, 11) is 0. The molecule has 0 unspecified atom stereocenters. The van der Waals surface area contributed by atoms with E-state index in [1.807, 2.05) is 17.7 Å². The number of thiophene rings is 1. The molecule has 3 amide bonds. The number of amides is 3. The molecule has 0 fully saturated rings. The Bertz CT molecular complexity index is 1000. The summed E-state index contributed by atoms with van der Waals surface area (Å²) in [5.74, 6) is -0.420. The van der Waals surface area contributed by atoms with E-state index in [1.54, 1.807) is 17.2 Å². The van der Waals surface area contributed by atoms with Crippen LogP contribution in [0.25, 0.3) is 0 Å². The van der Waals surface area contributed by atoms with Gasteiger partial charge in [0.25, 0.3) is 11.8 Å². The molecule has 9 heteroatoms. The van der Waals surface area contributed by atoms with Gasteiger partial charge in [-0.2, -0.15) is 16.4 Å². The smallest absolute Gasteiger partial charge is 0.270 e. The van der Waals surface area contributed by atoms with E-state index in [1.165, 1.54) is 11.3 Å². The van der Waals surface area contributed by atoms with Crippen LogP contribution >= 0.6 is 11.3 Å². The second kappa shape index (κ2) is 8.12. The van der Waals surface area contributed by atoms with Crippen molar-refractivity contribution in [3.8, 4) is 0 Å². The summed E-state index contributed by atoms with van der Waals surface area (Å²) >= 11 is 1.49. The van der Waals surface area contributed by atoms with Crippen LogP contribution in [0.1, 0.15) is 45.6 Å². The van der Waals surface area contributed by atoms with Crippen LogP contribution in [0.2, 0.25) is 0 Å². The van der Waals surface area contributed by atoms with Crippen LogP contribution < -0.4 is 10.7 Å². The third-order valence-electron chi connectivity index (χ3n) is 5.24. The lowest BCUT2D eigenvalue weighted by Gasteiger charge is -2.31. The Kier molecular flexibility index (Phi) is 5.39. The fraction of sp³-hybridized carbons (Fsp3) is 0.350. The minimum absolute atomic E-state index is 0.103. The monoisotopic (exact) mass is 411 g/mol. The Morgan fingerprint density at radius 3 is 2.90 bits per heavy atom. The molecule has 29 heavy (non-hydrogen) atoms. The van der Waals surface area contributed by atoms with Gasteiger partial charge < -0.3 is 10.2 Å². The largest absolute Gasteiger partial charge is 0.348 e. The molecule has 2 aliphatic rings. The number of carbonyl (C=O) groups is 3. The Morgan fingerprint density at radius 1 is 1.31 bits per heavy atom. The van der Waals surface area contributed by atoms with E-state index in [0.29, 0.717) is 43.8 Å². The minimum Gasteiger partial charge on any atom is -0.348 e. The maximum atomic E-state index is 12.7. The van der Waals surface area contributed by atoms with E-state index in [4.69, 9.17) is 0 Å². The summed E-state index contributed by atoms with van der Waals surface area (Å²) in [6.07, 6.45) is 3.14. The summed E-state index contributed by atoms with van der Waals surface area (Å²) in [4.78, 5) is 42.5. The van der Waals surface area contributed by atoms with E-state index < -0.39 is 0 Å². The van der Waals surface area contributed by atoms with Crippen molar-refractivity contribution in [2.24, 2.45) is 5.10 Å². The van der Waals surface area contributed by atoms with Gasteiger partial charge in [-0.15, -0.1) is 0 Å². The van der Waals surface area contributed by atoms with Gasteiger partial charge in [0, 0.05) is 55.3 Å². The molecular formula is C20H21N5O3S. The van der Waals surface area contributed by atoms with Crippen LogP contribution in [-0.4, -0.2) is 39.9 Å². The van der Waals surface area contributed by atoms with Crippen molar-refractivity contribution in [2.45, 2.75) is 39.3 Å². The normalized spacial score (nSPS) is 16.0. The summed E-state index contributed by atoms with van der Waals surface area (Å²) < 4.78 is 0. The average Bonchev–Trinajstić information content (AvgIpc) is 3.27. The quantitative estimate of drug-likeness (QED) is 0.796. The van der Waals surface area contributed by atoms with Crippen LogP contribution in [0.15, 0.2) is 28.1 Å². The fourth-order valence-electron chi connectivity index (χ4n) is 3.61. The van der Waals surface area contributed by atoms with Crippen molar-refractivity contribution < 1.29 is 14.4 Å². The van der Waals surface area contributed by atoms with Crippen LogP contribution in [0.5, 0.6) is 0 Å². The molecule has 2 aromatic heterocycles. The molecular weight excluding hydrogens is 390 g/mol. The first-order valence-electron chi connectivity index (χ1n) is 9.44. The number of rotatable bonds is 4. The number of fused-ring (bicyclic) bond motifs is 1. The molecule has 4 heterocycles. The highest BCUT2D eigenvalue weighted by molar-refractivity contribution is 7.08. The maximum Gasteiger partial charge on any atom is 0.270 e. The summed E-state index contributed by atoms with van der Waals surface area (Å²) in [6, 6.07) is 1.80. The van der Waals surface area contributed by atoms with Gasteiger partial charge in [0.05, 0.1) is 0 Å². The molecule has 2 N–H and O–H groups in total. The van der Waals surface area contributed by atoms with Crippen molar-refractivity contribution in [1.29, 1.82) is 0 Å². The van der Waals surface area contributed by atoms with Gasteiger partial charge in [-0.05, 0) is 41.5 Å². The Labute approximate surface area is 172 Å². The highest BCUT2D eigenvalue weighted by atomic mass is 32.1. The first-order chi connectivity index (χ1) is 14.0. The second-order valence-electron chi connectivity index (χ2n) is 7.09. The maximum absolute atomic E-state index is 12.7. The molecule has 0 aromatic carbocycles. The molecule has 0 radical (unpaired) electrons. The molecule has 8 nitrogen and oxygen atoms in total. The molecule has 0 saturated carbocycles. The predicted octanol–water partition coefficient (Wildman–Crippen LogP) is 1.53. The van der Waals surface area contributed by atoms with Crippen molar-refractivity contribution >= 4 is 34.8 Å². The van der Waals surface area contributed by atoms with E-state index >= 15 is 0 Å². The van der Waals surface area contributed by atoms with Gasteiger partial charge >= 0.3 is 0 Å². The Morgan fingerprint density at radius 2 is 2.17 bits per heavy atom. The highest BCUT2D eigenvalue weighted by Crippen LogP contribution is 2.24. The predicted molar refractivity (Wildman–Crippen MR) is 108 cm³/mol. The number of pyridine rings is 1.